The first-order valence-corrected chi connectivity index (χ1v) is 10.6. The zero-order valence-electron chi connectivity index (χ0n) is 15.2. The van der Waals surface area contributed by atoms with Crippen molar-refractivity contribution in [2.45, 2.75) is 36.6 Å². The summed E-state index contributed by atoms with van der Waals surface area (Å²) >= 11 is 5.88. The van der Waals surface area contributed by atoms with Crippen LogP contribution in [0.5, 0.6) is 0 Å². The predicted octanol–water partition coefficient (Wildman–Crippen LogP) is 5.35. The van der Waals surface area contributed by atoms with Crippen LogP contribution in [-0.4, -0.2) is 19.9 Å². The van der Waals surface area contributed by atoms with Gasteiger partial charge in [0.1, 0.15) is 0 Å². The van der Waals surface area contributed by atoms with E-state index in [0.29, 0.717) is 11.6 Å². The maximum Gasteiger partial charge on any atom is 0.233 e. The zero-order chi connectivity index (χ0) is 19.4. The molecule has 0 aliphatic rings. The standard InChI is InChI=1S/C20H21ClN2O3S/c1-3-4-12-22-19-20(27(24,25)17-10-8-16(21)9-11-17)23-18(26-19)15-7-5-6-14(2)13-15/h5-11,13,22H,3-4,12H2,1-2H3. The molecule has 0 bridgehead atoms. The number of hydrogen-bond donors (Lipinski definition) is 1. The van der Waals surface area contributed by atoms with Gasteiger partial charge < -0.3 is 9.73 Å². The number of nitrogens with zero attached hydrogens (tertiary/aromatic N) is 1. The van der Waals surface area contributed by atoms with Crippen molar-refractivity contribution in [2.24, 2.45) is 0 Å². The lowest BCUT2D eigenvalue weighted by Crippen LogP contribution is -2.08. The van der Waals surface area contributed by atoms with E-state index in [0.717, 1.165) is 24.0 Å². The molecule has 0 unspecified atom stereocenters. The molecule has 0 saturated heterocycles. The van der Waals surface area contributed by atoms with E-state index in [4.69, 9.17) is 16.0 Å². The first-order chi connectivity index (χ1) is 12.9. The molecule has 0 spiro atoms. The number of anilines is 1. The minimum absolute atomic E-state index is 0.113. The molecular weight excluding hydrogens is 384 g/mol. The van der Waals surface area contributed by atoms with Crippen molar-refractivity contribution >= 4 is 27.3 Å². The Bertz CT molecular complexity index is 1030. The summed E-state index contributed by atoms with van der Waals surface area (Å²) in [7, 11) is -3.85. The average Bonchev–Trinajstić information content (AvgIpc) is 3.07. The smallest absolute Gasteiger partial charge is 0.233 e. The number of rotatable bonds is 7. The van der Waals surface area contributed by atoms with Crippen molar-refractivity contribution in [3.05, 3.63) is 59.1 Å². The van der Waals surface area contributed by atoms with Crippen LogP contribution in [0.1, 0.15) is 25.3 Å². The van der Waals surface area contributed by atoms with Crippen molar-refractivity contribution in [1.82, 2.24) is 4.98 Å². The molecule has 0 aliphatic heterocycles. The largest absolute Gasteiger partial charge is 0.419 e. The van der Waals surface area contributed by atoms with E-state index in [1.165, 1.54) is 12.1 Å². The molecule has 27 heavy (non-hydrogen) atoms. The Kier molecular flexibility index (Phi) is 5.87. The molecule has 3 aromatic rings. The average molecular weight is 405 g/mol. The maximum atomic E-state index is 13.1. The van der Waals surface area contributed by atoms with Crippen LogP contribution in [0.25, 0.3) is 11.5 Å². The summed E-state index contributed by atoms with van der Waals surface area (Å²) < 4.78 is 32.0. The summed E-state index contributed by atoms with van der Waals surface area (Å²) in [5.41, 5.74) is 1.76. The van der Waals surface area contributed by atoms with Gasteiger partial charge in [-0.1, -0.05) is 42.6 Å². The Balaban J connectivity index is 2.07. The van der Waals surface area contributed by atoms with Gasteiger partial charge in [-0.05, 0) is 49.7 Å². The number of sulfone groups is 1. The number of aryl methyl sites for hydroxylation is 1. The van der Waals surface area contributed by atoms with Crippen molar-refractivity contribution in [2.75, 3.05) is 11.9 Å². The van der Waals surface area contributed by atoms with E-state index in [1.54, 1.807) is 12.1 Å². The summed E-state index contributed by atoms with van der Waals surface area (Å²) in [5.74, 6) is 0.431. The van der Waals surface area contributed by atoms with Gasteiger partial charge in [-0.2, -0.15) is 4.98 Å². The minimum Gasteiger partial charge on any atom is -0.419 e. The first-order valence-electron chi connectivity index (χ1n) is 8.74. The van der Waals surface area contributed by atoms with Crippen LogP contribution in [0.15, 0.2) is 62.9 Å². The Hall–Kier alpha value is -2.31. The van der Waals surface area contributed by atoms with Crippen molar-refractivity contribution in [3.63, 3.8) is 0 Å². The third kappa shape index (κ3) is 4.34. The molecule has 0 radical (unpaired) electrons. The highest BCUT2D eigenvalue weighted by Gasteiger charge is 2.28. The molecule has 3 rings (SSSR count). The Morgan fingerprint density at radius 2 is 1.89 bits per heavy atom. The van der Waals surface area contributed by atoms with Gasteiger partial charge in [0.2, 0.25) is 26.6 Å². The fourth-order valence-electron chi connectivity index (χ4n) is 2.61. The lowest BCUT2D eigenvalue weighted by Gasteiger charge is -2.05. The van der Waals surface area contributed by atoms with Crippen LogP contribution < -0.4 is 5.32 Å². The molecule has 1 N–H and O–H groups in total. The van der Waals surface area contributed by atoms with Gasteiger partial charge in [-0.15, -0.1) is 0 Å². The molecule has 0 atom stereocenters. The third-order valence-corrected chi connectivity index (χ3v) is 5.99. The molecule has 142 valence electrons. The predicted molar refractivity (Wildman–Crippen MR) is 107 cm³/mol. The number of benzene rings is 2. The van der Waals surface area contributed by atoms with Gasteiger partial charge in [0.25, 0.3) is 0 Å². The van der Waals surface area contributed by atoms with Crippen molar-refractivity contribution in [1.29, 1.82) is 0 Å². The van der Waals surface area contributed by atoms with E-state index in [9.17, 15) is 8.42 Å². The number of unbranched alkanes of at least 4 members (excludes halogenated alkanes) is 1. The lowest BCUT2D eigenvalue weighted by molar-refractivity contribution is 0.575. The van der Waals surface area contributed by atoms with Gasteiger partial charge in [-0.3, -0.25) is 0 Å². The summed E-state index contributed by atoms with van der Waals surface area (Å²) in [5, 5.41) is 3.43. The second-order valence-electron chi connectivity index (χ2n) is 6.26. The van der Waals surface area contributed by atoms with Gasteiger partial charge in [0, 0.05) is 17.1 Å². The summed E-state index contributed by atoms with van der Waals surface area (Å²) in [6, 6.07) is 13.6. The summed E-state index contributed by atoms with van der Waals surface area (Å²) in [6.07, 6.45) is 1.87. The van der Waals surface area contributed by atoms with Crippen molar-refractivity contribution < 1.29 is 12.8 Å². The Morgan fingerprint density at radius 3 is 2.56 bits per heavy atom. The minimum atomic E-state index is -3.85. The molecule has 1 heterocycles. The zero-order valence-corrected chi connectivity index (χ0v) is 16.8. The van der Waals surface area contributed by atoms with E-state index >= 15 is 0 Å². The van der Waals surface area contributed by atoms with E-state index in [2.05, 4.69) is 17.2 Å². The fourth-order valence-corrected chi connectivity index (χ4v) is 4.01. The van der Waals surface area contributed by atoms with E-state index in [-0.39, 0.29) is 21.7 Å². The quantitative estimate of drug-likeness (QED) is 0.537. The van der Waals surface area contributed by atoms with E-state index in [1.807, 2.05) is 31.2 Å². The van der Waals surface area contributed by atoms with Crippen molar-refractivity contribution in [3.8, 4) is 11.5 Å². The van der Waals surface area contributed by atoms with Crippen LogP contribution in [0, 0.1) is 6.92 Å². The number of oxazole rings is 1. The Morgan fingerprint density at radius 1 is 1.15 bits per heavy atom. The molecular formula is C20H21ClN2O3S. The SMILES string of the molecule is CCCCNc1oc(-c2cccc(C)c2)nc1S(=O)(=O)c1ccc(Cl)cc1. The van der Waals surface area contributed by atoms with E-state index < -0.39 is 9.84 Å². The summed E-state index contributed by atoms with van der Waals surface area (Å²) in [4.78, 5) is 4.44. The van der Waals surface area contributed by atoms with Gasteiger partial charge in [0.05, 0.1) is 4.90 Å². The highest BCUT2D eigenvalue weighted by Crippen LogP contribution is 2.33. The Labute approximate surface area is 164 Å². The lowest BCUT2D eigenvalue weighted by atomic mass is 10.1. The molecule has 2 aromatic carbocycles. The topological polar surface area (TPSA) is 72.2 Å². The number of hydrogen-bond acceptors (Lipinski definition) is 5. The first kappa shape index (κ1) is 19.5. The number of nitrogens with one attached hydrogen (secondary N) is 1. The fraction of sp³-hybridized carbons (Fsp3) is 0.250. The van der Waals surface area contributed by atoms with Gasteiger partial charge >= 0.3 is 0 Å². The molecule has 1 aromatic heterocycles. The van der Waals surface area contributed by atoms with Crippen LogP contribution in [0.4, 0.5) is 5.88 Å². The number of halogens is 1. The van der Waals surface area contributed by atoms with Crippen LogP contribution in [0.3, 0.4) is 0 Å². The molecule has 7 heteroatoms. The molecule has 0 saturated carbocycles. The second kappa shape index (κ2) is 8.15. The highest BCUT2D eigenvalue weighted by atomic mass is 35.5. The molecule has 0 fully saturated rings. The number of aromatic nitrogens is 1. The van der Waals surface area contributed by atoms with Crippen LogP contribution in [-0.2, 0) is 9.84 Å². The molecule has 0 aliphatic carbocycles. The summed E-state index contributed by atoms with van der Waals surface area (Å²) in [6.45, 7) is 4.62. The van der Waals surface area contributed by atoms with Crippen LogP contribution >= 0.6 is 11.6 Å². The molecule has 5 nitrogen and oxygen atoms in total. The van der Waals surface area contributed by atoms with Crippen LogP contribution in [0.2, 0.25) is 5.02 Å². The highest BCUT2D eigenvalue weighted by molar-refractivity contribution is 7.91. The monoisotopic (exact) mass is 404 g/mol. The second-order valence-corrected chi connectivity index (χ2v) is 8.56. The third-order valence-electron chi connectivity index (χ3n) is 4.06. The van der Waals surface area contributed by atoms with Gasteiger partial charge in [-0.25, -0.2) is 8.42 Å². The normalized spacial score (nSPS) is 11.5. The van der Waals surface area contributed by atoms with Gasteiger partial charge in [0.15, 0.2) is 0 Å². The maximum absolute atomic E-state index is 13.1. The molecule has 0 amide bonds.